The van der Waals surface area contributed by atoms with Gasteiger partial charge in [-0.3, -0.25) is 0 Å². The molecule has 0 bridgehead atoms. The van der Waals surface area contributed by atoms with E-state index in [9.17, 15) is 0 Å². The molecule has 1 aliphatic carbocycles. The van der Waals surface area contributed by atoms with Crippen molar-refractivity contribution in [1.29, 1.82) is 0 Å². The molecule has 2 fully saturated rings. The smallest absolute Gasteiger partial charge is 0.234 e. The zero-order valence-corrected chi connectivity index (χ0v) is 17.8. The maximum atomic E-state index is 6.02. The summed E-state index contributed by atoms with van der Waals surface area (Å²) in [5.41, 5.74) is 0. The van der Waals surface area contributed by atoms with Crippen LogP contribution in [0.3, 0.4) is 0 Å². The molecule has 1 saturated carbocycles. The van der Waals surface area contributed by atoms with Crippen molar-refractivity contribution in [1.82, 2.24) is 15.3 Å². The van der Waals surface area contributed by atoms with E-state index in [0.29, 0.717) is 29.0 Å². The molecule has 154 valence electrons. The number of hydrogen-bond acceptors (Lipinski definition) is 5. The summed E-state index contributed by atoms with van der Waals surface area (Å²) >= 11 is 5.51. The Bertz CT molecular complexity index is 825. The first-order valence-electron chi connectivity index (χ1n) is 10.6. The van der Waals surface area contributed by atoms with Gasteiger partial charge in [-0.05, 0) is 63.4 Å². The van der Waals surface area contributed by atoms with E-state index in [1.807, 2.05) is 36.4 Å². The molecule has 1 unspecified atom stereocenters. The lowest BCUT2D eigenvalue weighted by Crippen LogP contribution is -2.39. The summed E-state index contributed by atoms with van der Waals surface area (Å²) in [5, 5.41) is 7.15. The van der Waals surface area contributed by atoms with Crippen LogP contribution in [0.5, 0.6) is 11.6 Å². The third kappa shape index (κ3) is 5.35. The van der Waals surface area contributed by atoms with Crippen LogP contribution in [0.2, 0.25) is 0 Å². The van der Waals surface area contributed by atoms with E-state index >= 15 is 0 Å². The summed E-state index contributed by atoms with van der Waals surface area (Å²) < 4.78 is 6.02. The highest BCUT2D eigenvalue weighted by molar-refractivity contribution is 7.80. The summed E-state index contributed by atoms with van der Waals surface area (Å²) in [6.45, 7) is 3.24. The quantitative estimate of drug-likeness (QED) is 0.680. The number of anilines is 2. The molecule has 6 nitrogen and oxygen atoms in total. The van der Waals surface area contributed by atoms with Crippen molar-refractivity contribution in [3.05, 3.63) is 36.4 Å². The molecular formula is C22H29N5OS. The number of ether oxygens (including phenoxy) is 1. The van der Waals surface area contributed by atoms with Crippen LogP contribution < -0.4 is 20.3 Å². The van der Waals surface area contributed by atoms with E-state index in [2.05, 4.69) is 27.4 Å². The van der Waals surface area contributed by atoms with Crippen LogP contribution in [0.1, 0.15) is 51.9 Å². The fourth-order valence-electron chi connectivity index (χ4n) is 4.11. The van der Waals surface area contributed by atoms with Gasteiger partial charge in [-0.15, -0.1) is 0 Å². The first-order chi connectivity index (χ1) is 14.2. The first-order valence-corrected chi connectivity index (χ1v) is 11.0. The van der Waals surface area contributed by atoms with Gasteiger partial charge in [0.25, 0.3) is 0 Å². The number of aromatic nitrogens is 2. The largest absolute Gasteiger partial charge is 0.439 e. The Kier molecular flexibility index (Phi) is 6.44. The summed E-state index contributed by atoms with van der Waals surface area (Å²) in [5.74, 6) is 2.62. The Hall–Kier alpha value is -2.41. The van der Waals surface area contributed by atoms with Gasteiger partial charge in [-0.1, -0.05) is 31.0 Å². The zero-order valence-electron chi connectivity index (χ0n) is 16.9. The summed E-state index contributed by atoms with van der Waals surface area (Å²) in [6.07, 6.45) is 8.45. The van der Waals surface area contributed by atoms with Crippen molar-refractivity contribution < 1.29 is 4.74 Å². The monoisotopic (exact) mass is 411 g/mol. The molecule has 2 aliphatic rings. The van der Waals surface area contributed by atoms with E-state index in [4.69, 9.17) is 21.9 Å². The Balaban J connectivity index is 1.55. The minimum atomic E-state index is 0.444. The lowest BCUT2D eigenvalue weighted by atomic mass is 10.0. The van der Waals surface area contributed by atoms with Crippen LogP contribution in [0.25, 0.3) is 0 Å². The number of nitrogens with zero attached hydrogens (tertiary/aromatic N) is 3. The Morgan fingerprint density at radius 3 is 2.59 bits per heavy atom. The topological polar surface area (TPSA) is 62.3 Å². The molecule has 0 amide bonds. The Morgan fingerprint density at radius 1 is 1.07 bits per heavy atom. The fraction of sp³-hybridized carbons (Fsp3) is 0.500. The first kappa shape index (κ1) is 19.9. The fourth-order valence-corrected chi connectivity index (χ4v) is 4.37. The molecular weight excluding hydrogens is 382 g/mol. The van der Waals surface area contributed by atoms with Gasteiger partial charge in [0.15, 0.2) is 5.11 Å². The minimum absolute atomic E-state index is 0.444. The van der Waals surface area contributed by atoms with Crippen molar-refractivity contribution in [3.63, 3.8) is 0 Å². The molecule has 1 saturated heterocycles. The molecule has 2 N–H and O–H groups in total. The van der Waals surface area contributed by atoms with Crippen molar-refractivity contribution in [2.24, 2.45) is 0 Å². The zero-order chi connectivity index (χ0) is 20.1. The highest BCUT2D eigenvalue weighted by Crippen LogP contribution is 2.29. The minimum Gasteiger partial charge on any atom is -0.439 e. The average molecular weight is 412 g/mol. The van der Waals surface area contributed by atoms with Crippen LogP contribution in [0.4, 0.5) is 11.8 Å². The third-order valence-corrected chi connectivity index (χ3v) is 5.89. The third-order valence-electron chi connectivity index (χ3n) is 5.67. The standard InChI is InChI=1S/C22H29N5OS/c1-16-9-7-8-14-27(16)19-15-20(28-18-12-3-2-4-13-18)25-21(24-19)26-22(29)23-17-10-5-6-11-17/h2-4,12-13,15-17H,5-11,14H2,1H3,(H2,23,24,25,26,29). The van der Waals surface area contributed by atoms with Gasteiger partial charge in [-0.2, -0.15) is 9.97 Å². The summed E-state index contributed by atoms with van der Waals surface area (Å²) in [4.78, 5) is 11.7. The molecule has 0 spiro atoms. The second-order valence-electron chi connectivity index (χ2n) is 7.92. The molecule has 29 heavy (non-hydrogen) atoms. The predicted molar refractivity (Wildman–Crippen MR) is 121 cm³/mol. The van der Waals surface area contributed by atoms with E-state index in [1.54, 1.807) is 0 Å². The van der Waals surface area contributed by atoms with Gasteiger partial charge in [0.1, 0.15) is 11.6 Å². The van der Waals surface area contributed by atoms with E-state index in [0.717, 1.165) is 31.0 Å². The van der Waals surface area contributed by atoms with Crippen molar-refractivity contribution >= 4 is 29.1 Å². The average Bonchev–Trinajstić information content (AvgIpc) is 3.22. The van der Waals surface area contributed by atoms with Crippen molar-refractivity contribution in [2.45, 2.75) is 64.0 Å². The number of hydrogen-bond donors (Lipinski definition) is 2. The van der Waals surface area contributed by atoms with E-state index < -0.39 is 0 Å². The lowest BCUT2D eigenvalue weighted by Gasteiger charge is -2.34. The summed E-state index contributed by atoms with van der Waals surface area (Å²) in [6, 6.07) is 12.5. The van der Waals surface area contributed by atoms with Crippen LogP contribution in [-0.4, -0.2) is 33.7 Å². The second-order valence-corrected chi connectivity index (χ2v) is 8.33. The molecule has 0 radical (unpaired) electrons. The molecule has 2 aromatic rings. The number of benzene rings is 1. The Morgan fingerprint density at radius 2 is 1.83 bits per heavy atom. The number of thiocarbonyl (C=S) groups is 1. The van der Waals surface area contributed by atoms with E-state index in [-0.39, 0.29) is 0 Å². The lowest BCUT2D eigenvalue weighted by molar-refractivity contribution is 0.457. The molecule has 7 heteroatoms. The number of para-hydroxylation sites is 1. The molecule has 1 aromatic heterocycles. The van der Waals surface area contributed by atoms with Gasteiger partial charge >= 0.3 is 0 Å². The molecule has 2 heterocycles. The molecule has 1 atom stereocenters. The van der Waals surface area contributed by atoms with Gasteiger partial charge < -0.3 is 20.3 Å². The molecule has 1 aliphatic heterocycles. The van der Waals surface area contributed by atoms with Crippen LogP contribution in [-0.2, 0) is 0 Å². The van der Waals surface area contributed by atoms with E-state index in [1.165, 1.54) is 32.1 Å². The van der Waals surface area contributed by atoms with Crippen LogP contribution in [0.15, 0.2) is 36.4 Å². The number of piperidine rings is 1. The molecule has 1 aromatic carbocycles. The number of nitrogens with one attached hydrogen (secondary N) is 2. The number of rotatable bonds is 5. The van der Waals surface area contributed by atoms with Crippen molar-refractivity contribution in [3.8, 4) is 11.6 Å². The maximum absolute atomic E-state index is 6.02. The van der Waals surface area contributed by atoms with Gasteiger partial charge in [0, 0.05) is 24.7 Å². The SMILES string of the molecule is CC1CCCCN1c1cc(Oc2ccccc2)nc(NC(=S)NC2CCCC2)n1. The van der Waals surface area contributed by atoms with Gasteiger partial charge in [-0.25, -0.2) is 0 Å². The summed E-state index contributed by atoms with van der Waals surface area (Å²) in [7, 11) is 0. The normalized spacial score (nSPS) is 19.8. The van der Waals surface area contributed by atoms with Gasteiger partial charge in [0.05, 0.1) is 0 Å². The highest BCUT2D eigenvalue weighted by atomic mass is 32.1. The van der Waals surface area contributed by atoms with Crippen LogP contribution in [0, 0.1) is 0 Å². The predicted octanol–water partition coefficient (Wildman–Crippen LogP) is 4.88. The van der Waals surface area contributed by atoms with Gasteiger partial charge in [0.2, 0.25) is 11.8 Å². The van der Waals surface area contributed by atoms with Crippen molar-refractivity contribution in [2.75, 3.05) is 16.8 Å². The second kappa shape index (κ2) is 9.39. The Labute approximate surface area is 178 Å². The highest BCUT2D eigenvalue weighted by Gasteiger charge is 2.22. The molecule has 4 rings (SSSR count). The van der Waals surface area contributed by atoms with Crippen LogP contribution >= 0.6 is 12.2 Å². The maximum Gasteiger partial charge on any atom is 0.234 e.